The Bertz CT molecular complexity index is 349. The highest BCUT2D eigenvalue weighted by molar-refractivity contribution is 9.09. The molecule has 0 aliphatic rings. The summed E-state index contributed by atoms with van der Waals surface area (Å²) in [4.78, 5) is 10.5. The highest BCUT2D eigenvalue weighted by Gasteiger charge is 2.09. The molecule has 0 radical (unpaired) electrons. The molecule has 1 rings (SSSR count). The van der Waals surface area contributed by atoms with Gasteiger partial charge in [-0.15, -0.1) is 0 Å². The van der Waals surface area contributed by atoms with Gasteiger partial charge in [-0.05, 0) is 24.3 Å². The second kappa shape index (κ2) is 5.99. The zero-order valence-corrected chi connectivity index (χ0v) is 11.1. The molecule has 0 N–H and O–H groups in total. The van der Waals surface area contributed by atoms with Crippen LogP contribution < -0.4 is 0 Å². The maximum Gasteiger partial charge on any atom is 0.269 e. The number of non-ortho nitro benzene ring substituents is 1. The lowest BCUT2D eigenvalue weighted by atomic mass is 10.0. The molecule has 0 aliphatic heterocycles. The first kappa shape index (κ1) is 13.2. The number of benzene rings is 1. The molecule has 0 bridgehead atoms. The molecule has 0 aromatic heterocycles. The second-order valence-corrected chi connectivity index (χ2v) is 5.65. The van der Waals surface area contributed by atoms with Gasteiger partial charge in [0.1, 0.15) is 0 Å². The van der Waals surface area contributed by atoms with Crippen molar-refractivity contribution in [2.75, 3.05) is 0 Å². The molecule has 88 valence electrons. The molecule has 0 spiro atoms. The maximum atomic E-state index is 10.5. The van der Waals surface area contributed by atoms with E-state index < -0.39 is 0 Å². The normalized spacial score (nSPS) is 12.8. The van der Waals surface area contributed by atoms with Crippen molar-refractivity contribution in [1.29, 1.82) is 0 Å². The van der Waals surface area contributed by atoms with Gasteiger partial charge in [0.25, 0.3) is 5.69 Å². The van der Waals surface area contributed by atoms with Gasteiger partial charge in [-0.3, -0.25) is 10.1 Å². The Labute approximate surface area is 104 Å². The van der Waals surface area contributed by atoms with Gasteiger partial charge in [0.05, 0.1) is 4.92 Å². The van der Waals surface area contributed by atoms with Crippen LogP contribution in [0.4, 0.5) is 5.69 Å². The Balaban J connectivity index is 2.58. The van der Waals surface area contributed by atoms with E-state index in [1.807, 2.05) is 12.1 Å². The van der Waals surface area contributed by atoms with Crippen LogP contribution in [-0.2, 0) is 6.42 Å². The molecule has 0 heterocycles. The molecule has 0 fully saturated rings. The third-order valence-corrected chi connectivity index (χ3v) is 3.03. The largest absolute Gasteiger partial charge is 0.269 e. The Morgan fingerprint density at radius 1 is 1.31 bits per heavy atom. The molecule has 3 nitrogen and oxygen atoms in total. The average Bonchev–Trinajstić information content (AvgIpc) is 2.16. The van der Waals surface area contributed by atoms with Crippen LogP contribution in [0.5, 0.6) is 0 Å². The number of hydrogen-bond donors (Lipinski definition) is 0. The van der Waals surface area contributed by atoms with Gasteiger partial charge in [0.2, 0.25) is 0 Å². The van der Waals surface area contributed by atoms with E-state index >= 15 is 0 Å². The zero-order valence-electron chi connectivity index (χ0n) is 9.52. The first-order valence-corrected chi connectivity index (χ1v) is 6.28. The van der Waals surface area contributed by atoms with E-state index in [1.165, 1.54) is 0 Å². The highest BCUT2D eigenvalue weighted by atomic mass is 79.9. The van der Waals surface area contributed by atoms with Crippen molar-refractivity contribution in [3.05, 3.63) is 39.9 Å². The monoisotopic (exact) mass is 285 g/mol. The third kappa shape index (κ3) is 4.31. The van der Waals surface area contributed by atoms with Crippen molar-refractivity contribution in [2.24, 2.45) is 5.92 Å². The topological polar surface area (TPSA) is 43.1 Å². The van der Waals surface area contributed by atoms with Crippen LogP contribution in [0.15, 0.2) is 24.3 Å². The van der Waals surface area contributed by atoms with Crippen molar-refractivity contribution in [3.8, 4) is 0 Å². The fourth-order valence-electron chi connectivity index (χ4n) is 1.60. The van der Waals surface area contributed by atoms with Crippen LogP contribution in [-0.4, -0.2) is 9.75 Å². The lowest BCUT2D eigenvalue weighted by Gasteiger charge is -2.11. The van der Waals surface area contributed by atoms with E-state index in [0.29, 0.717) is 10.7 Å². The number of nitro groups is 1. The SMILES string of the molecule is CC(C)CC(Br)Cc1ccc([N+](=O)[O-])cc1. The van der Waals surface area contributed by atoms with Gasteiger partial charge in [-0.25, -0.2) is 0 Å². The third-order valence-electron chi connectivity index (χ3n) is 2.33. The summed E-state index contributed by atoms with van der Waals surface area (Å²) in [5.41, 5.74) is 1.28. The first-order valence-electron chi connectivity index (χ1n) is 5.36. The van der Waals surface area contributed by atoms with Crippen LogP contribution in [0, 0.1) is 16.0 Å². The van der Waals surface area contributed by atoms with E-state index in [9.17, 15) is 10.1 Å². The summed E-state index contributed by atoms with van der Waals surface area (Å²) in [6, 6.07) is 6.77. The quantitative estimate of drug-likeness (QED) is 0.467. The first-order chi connectivity index (χ1) is 7.49. The Hall–Kier alpha value is -0.900. The second-order valence-electron chi connectivity index (χ2n) is 4.35. The van der Waals surface area contributed by atoms with E-state index in [4.69, 9.17) is 0 Å². The number of nitrogens with zero attached hydrogens (tertiary/aromatic N) is 1. The van der Waals surface area contributed by atoms with E-state index in [0.717, 1.165) is 18.4 Å². The van der Waals surface area contributed by atoms with Crippen LogP contribution in [0.3, 0.4) is 0 Å². The van der Waals surface area contributed by atoms with Crippen LogP contribution in [0.1, 0.15) is 25.8 Å². The van der Waals surface area contributed by atoms with Gasteiger partial charge in [-0.1, -0.05) is 41.9 Å². The molecule has 1 atom stereocenters. The van der Waals surface area contributed by atoms with Crippen molar-refractivity contribution in [1.82, 2.24) is 0 Å². The Morgan fingerprint density at radius 3 is 2.31 bits per heavy atom. The molecule has 0 aliphatic carbocycles. The molecule has 1 aromatic carbocycles. The molecule has 16 heavy (non-hydrogen) atoms. The number of hydrogen-bond acceptors (Lipinski definition) is 2. The lowest BCUT2D eigenvalue weighted by molar-refractivity contribution is -0.384. The predicted molar refractivity (Wildman–Crippen MR) is 69.0 cm³/mol. The van der Waals surface area contributed by atoms with Crippen LogP contribution >= 0.6 is 15.9 Å². The minimum absolute atomic E-state index is 0.152. The van der Waals surface area contributed by atoms with E-state index in [2.05, 4.69) is 29.8 Å². The molecule has 0 saturated heterocycles. The van der Waals surface area contributed by atoms with Gasteiger partial charge < -0.3 is 0 Å². The standard InChI is InChI=1S/C12H16BrNO2/c1-9(2)7-11(13)8-10-3-5-12(6-4-10)14(15)16/h3-6,9,11H,7-8H2,1-2H3. The van der Waals surface area contributed by atoms with Gasteiger partial charge >= 0.3 is 0 Å². The molecule has 1 unspecified atom stereocenters. The molecular weight excluding hydrogens is 270 g/mol. The van der Waals surface area contributed by atoms with Gasteiger partial charge in [0.15, 0.2) is 0 Å². The van der Waals surface area contributed by atoms with E-state index in [-0.39, 0.29) is 10.6 Å². The summed E-state index contributed by atoms with van der Waals surface area (Å²) in [6.45, 7) is 4.37. The van der Waals surface area contributed by atoms with Crippen LogP contribution in [0.25, 0.3) is 0 Å². The maximum absolute atomic E-state index is 10.5. The van der Waals surface area contributed by atoms with Crippen molar-refractivity contribution >= 4 is 21.6 Å². The summed E-state index contributed by atoms with van der Waals surface area (Å²) >= 11 is 3.63. The van der Waals surface area contributed by atoms with Crippen molar-refractivity contribution in [2.45, 2.75) is 31.5 Å². The summed E-state index contributed by atoms with van der Waals surface area (Å²) in [6.07, 6.45) is 2.02. The number of nitro benzene ring substituents is 1. The predicted octanol–water partition coefficient (Wildman–Crippen LogP) is 3.95. The summed E-state index contributed by atoms with van der Waals surface area (Å²) in [5.74, 6) is 0.655. The number of alkyl halides is 1. The number of rotatable bonds is 5. The van der Waals surface area contributed by atoms with Crippen LogP contribution in [0.2, 0.25) is 0 Å². The van der Waals surface area contributed by atoms with Gasteiger partial charge in [0, 0.05) is 17.0 Å². The molecule has 0 saturated carbocycles. The Morgan fingerprint density at radius 2 is 1.88 bits per heavy atom. The summed E-state index contributed by atoms with van der Waals surface area (Å²) in [5, 5.41) is 10.5. The number of halogens is 1. The minimum Gasteiger partial charge on any atom is -0.258 e. The van der Waals surface area contributed by atoms with E-state index in [1.54, 1.807) is 12.1 Å². The zero-order chi connectivity index (χ0) is 12.1. The Kier molecular flexibility index (Phi) is 4.93. The van der Waals surface area contributed by atoms with Crippen molar-refractivity contribution in [3.63, 3.8) is 0 Å². The lowest BCUT2D eigenvalue weighted by Crippen LogP contribution is -2.06. The van der Waals surface area contributed by atoms with Crippen molar-refractivity contribution < 1.29 is 4.92 Å². The fourth-order valence-corrected chi connectivity index (χ4v) is 2.73. The molecule has 1 aromatic rings. The fraction of sp³-hybridized carbons (Fsp3) is 0.500. The molecule has 0 amide bonds. The smallest absolute Gasteiger partial charge is 0.258 e. The van der Waals surface area contributed by atoms with Gasteiger partial charge in [-0.2, -0.15) is 0 Å². The molecular formula is C12H16BrNO2. The summed E-state index contributed by atoms with van der Waals surface area (Å²) in [7, 11) is 0. The summed E-state index contributed by atoms with van der Waals surface area (Å²) < 4.78 is 0. The highest BCUT2D eigenvalue weighted by Crippen LogP contribution is 2.19. The molecule has 4 heteroatoms. The average molecular weight is 286 g/mol. The minimum atomic E-state index is -0.372.